The van der Waals surface area contributed by atoms with E-state index in [1.54, 1.807) is 7.11 Å². The lowest BCUT2D eigenvalue weighted by Gasteiger charge is -2.26. The first kappa shape index (κ1) is 18.2. The van der Waals surface area contributed by atoms with Gasteiger partial charge in [-0.15, -0.1) is 0 Å². The Balaban J connectivity index is 3.82. The maximum atomic E-state index is 8.70. The van der Waals surface area contributed by atoms with Gasteiger partial charge in [-0.2, -0.15) is 0 Å². The first-order valence-electron chi connectivity index (χ1n) is 6.93. The number of rotatable bonds is 10. The van der Waals surface area contributed by atoms with E-state index < -0.39 is 0 Å². The number of nitrogens with zero attached hydrogens (tertiary/aromatic N) is 1. The molecule has 0 aromatic rings. The summed E-state index contributed by atoms with van der Waals surface area (Å²) in [5.74, 6) is 0.299. The summed E-state index contributed by atoms with van der Waals surface area (Å²) >= 11 is 0. The van der Waals surface area contributed by atoms with Crippen LogP contribution in [0.2, 0.25) is 0 Å². The first-order chi connectivity index (χ1) is 8.75. The van der Waals surface area contributed by atoms with Crippen molar-refractivity contribution in [2.24, 2.45) is 21.7 Å². The number of amidine groups is 1. The van der Waals surface area contributed by atoms with Crippen molar-refractivity contribution >= 4 is 5.84 Å². The number of ether oxygens (including phenoxy) is 1. The van der Waals surface area contributed by atoms with E-state index in [1.807, 2.05) is 13.8 Å². The Bertz CT molecular complexity index is 276. The van der Waals surface area contributed by atoms with Gasteiger partial charge in [0.05, 0.1) is 0 Å². The minimum atomic E-state index is -0.248. The van der Waals surface area contributed by atoms with Gasteiger partial charge in [-0.05, 0) is 31.2 Å². The van der Waals surface area contributed by atoms with Gasteiger partial charge in [0, 0.05) is 25.7 Å². The highest BCUT2D eigenvalue weighted by Crippen LogP contribution is 2.22. The van der Waals surface area contributed by atoms with E-state index in [4.69, 9.17) is 15.7 Å². The molecule has 0 aliphatic heterocycles. The van der Waals surface area contributed by atoms with Crippen molar-refractivity contribution in [3.63, 3.8) is 0 Å². The SMILES string of the molecule is COCCC(C)(C)CNCCCC(C)(C)C(N)=NO. The van der Waals surface area contributed by atoms with Crippen LogP contribution in [0.1, 0.15) is 47.0 Å². The van der Waals surface area contributed by atoms with Crippen molar-refractivity contribution < 1.29 is 9.94 Å². The predicted molar refractivity (Wildman–Crippen MR) is 79.6 cm³/mol. The summed E-state index contributed by atoms with van der Waals surface area (Å²) in [4.78, 5) is 0. The Labute approximate surface area is 117 Å². The average molecular weight is 273 g/mol. The molecule has 0 aliphatic rings. The largest absolute Gasteiger partial charge is 0.409 e. The van der Waals surface area contributed by atoms with Crippen molar-refractivity contribution in [2.75, 3.05) is 26.8 Å². The van der Waals surface area contributed by atoms with Crippen LogP contribution in [0, 0.1) is 10.8 Å². The van der Waals surface area contributed by atoms with Crippen LogP contribution in [-0.2, 0) is 4.74 Å². The highest BCUT2D eigenvalue weighted by molar-refractivity contribution is 5.85. The highest BCUT2D eigenvalue weighted by Gasteiger charge is 2.23. The molecule has 0 unspecified atom stereocenters. The second-order valence-corrected chi connectivity index (χ2v) is 6.56. The van der Waals surface area contributed by atoms with Gasteiger partial charge >= 0.3 is 0 Å². The lowest BCUT2D eigenvalue weighted by Crippen LogP contribution is -2.34. The van der Waals surface area contributed by atoms with Crippen molar-refractivity contribution in [3.05, 3.63) is 0 Å². The van der Waals surface area contributed by atoms with Gasteiger partial charge in [-0.25, -0.2) is 0 Å². The minimum Gasteiger partial charge on any atom is -0.409 e. The number of methoxy groups -OCH3 is 1. The van der Waals surface area contributed by atoms with Gasteiger partial charge in [0.2, 0.25) is 0 Å². The molecule has 114 valence electrons. The summed E-state index contributed by atoms with van der Waals surface area (Å²) in [6, 6.07) is 0. The number of oxime groups is 1. The fourth-order valence-electron chi connectivity index (χ4n) is 1.81. The van der Waals surface area contributed by atoms with E-state index in [1.165, 1.54) is 0 Å². The number of hydrogen-bond donors (Lipinski definition) is 3. The molecule has 0 aliphatic carbocycles. The Morgan fingerprint density at radius 2 is 1.89 bits per heavy atom. The monoisotopic (exact) mass is 273 g/mol. The summed E-state index contributed by atoms with van der Waals surface area (Å²) in [6.07, 6.45) is 2.95. The summed E-state index contributed by atoms with van der Waals surface area (Å²) in [5.41, 5.74) is 5.65. The highest BCUT2D eigenvalue weighted by atomic mass is 16.5. The maximum absolute atomic E-state index is 8.70. The Kier molecular flexibility index (Phi) is 8.02. The van der Waals surface area contributed by atoms with Crippen LogP contribution in [0.4, 0.5) is 0 Å². The van der Waals surface area contributed by atoms with E-state index >= 15 is 0 Å². The van der Waals surface area contributed by atoms with Crippen molar-refractivity contribution in [1.29, 1.82) is 0 Å². The smallest absolute Gasteiger partial charge is 0.144 e. The molecule has 0 bridgehead atoms. The Hall–Kier alpha value is -0.810. The Morgan fingerprint density at radius 1 is 1.26 bits per heavy atom. The van der Waals surface area contributed by atoms with Crippen LogP contribution in [0.5, 0.6) is 0 Å². The Morgan fingerprint density at radius 3 is 2.42 bits per heavy atom. The van der Waals surface area contributed by atoms with Crippen LogP contribution in [0.15, 0.2) is 5.16 Å². The van der Waals surface area contributed by atoms with Crippen LogP contribution >= 0.6 is 0 Å². The van der Waals surface area contributed by atoms with E-state index in [0.29, 0.717) is 5.84 Å². The van der Waals surface area contributed by atoms with E-state index in [2.05, 4.69) is 24.3 Å². The summed E-state index contributed by atoms with van der Waals surface area (Å²) in [6.45, 7) is 11.2. The molecular weight excluding hydrogens is 242 g/mol. The lowest BCUT2D eigenvalue weighted by atomic mass is 9.86. The third kappa shape index (κ3) is 8.06. The molecule has 0 aromatic carbocycles. The summed E-state index contributed by atoms with van der Waals surface area (Å²) in [7, 11) is 1.73. The van der Waals surface area contributed by atoms with E-state index in [9.17, 15) is 0 Å². The minimum absolute atomic E-state index is 0.247. The van der Waals surface area contributed by atoms with Gasteiger partial charge in [0.1, 0.15) is 5.84 Å². The van der Waals surface area contributed by atoms with Gasteiger partial charge in [0.25, 0.3) is 0 Å². The zero-order chi connectivity index (χ0) is 14.9. The fourth-order valence-corrected chi connectivity index (χ4v) is 1.81. The summed E-state index contributed by atoms with van der Waals surface area (Å²) in [5, 5.41) is 15.3. The molecule has 0 amide bonds. The molecule has 5 heteroatoms. The normalized spacial score (nSPS) is 13.8. The molecular formula is C14H31N3O2. The molecule has 0 saturated heterocycles. The molecule has 0 aromatic heterocycles. The molecule has 0 heterocycles. The van der Waals surface area contributed by atoms with Crippen molar-refractivity contribution in [3.8, 4) is 0 Å². The summed E-state index contributed by atoms with van der Waals surface area (Å²) < 4.78 is 5.11. The first-order valence-corrected chi connectivity index (χ1v) is 6.93. The number of nitrogens with two attached hydrogens (primary N) is 1. The van der Waals surface area contributed by atoms with Gasteiger partial charge in [0.15, 0.2) is 0 Å². The van der Waals surface area contributed by atoms with Crippen LogP contribution < -0.4 is 11.1 Å². The maximum Gasteiger partial charge on any atom is 0.144 e. The van der Waals surface area contributed by atoms with E-state index in [0.717, 1.165) is 39.0 Å². The van der Waals surface area contributed by atoms with Gasteiger partial charge in [-0.3, -0.25) is 0 Å². The zero-order valence-corrected chi connectivity index (χ0v) is 13.1. The topological polar surface area (TPSA) is 79.9 Å². The number of hydrogen-bond acceptors (Lipinski definition) is 4. The lowest BCUT2D eigenvalue weighted by molar-refractivity contribution is 0.150. The average Bonchev–Trinajstić information content (AvgIpc) is 2.34. The van der Waals surface area contributed by atoms with E-state index in [-0.39, 0.29) is 10.8 Å². The molecule has 0 atom stereocenters. The number of nitrogens with one attached hydrogen (secondary N) is 1. The molecule has 0 spiro atoms. The zero-order valence-electron chi connectivity index (χ0n) is 13.1. The third-order valence-corrected chi connectivity index (χ3v) is 3.54. The van der Waals surface area contributed by atoms with Crippen LogP contribution in [-0.4, -0.2) is 37.8 Å². The molecule has 0 fully saturated rings. The van der Waals surface area contributed by atoms with Gasteiger partial charge in [-0.1, -0.05) is 32.9 Å². The molecule has 0 radical (unpaired) electrons. The van der Waals surface area contributed by atoms with Crippen LogP contribution in [0.25, 0.3) is 0 Å². The molecule has 0 saturated carbocycles. The van der Waals surface area contributed by atoms with Gasteiger partial charge < -0.3 is 21.0 Å². The molecule has 5 nitrogen and oxygen atoms in total. The quantitative estimate of drug-likeness (QED) is 0.187. The molecule has 4 N–H and O–H groups in total. The third-order valence-electron chi connectivity index (χ3n) is 3.54. The van der Waals surface area contributed by atoms with Crippen molar-refractivity contribution in [1.82, 2.24) is 5.32 Å². The molecule has 0 rings (SSSR count). The second-order valence-electron chi connectivity index (χ2n) is 6.56. The second kappa shape index (κ2) is 8.38. The van der Waals surface area contributed by atoms with Crippen molar-refractivity contribution in [2.45, 2.75) is 47.0 Å². The molecule has 19 heavy (non-hydrogen) atoms. The standard InChI is InChI=1S/C14H31N3O2/c1-13(2,8-10-19-5)11-16-9-6-7-14(3,4)12(15)17-18/h16,18H,6-11H2,1-5H3,(H2,15,17). The predicted octanol–water partition coefficient (Wildman–Crippen LogP) is 2.19. The van der Waals surface area contributed by atoms with Crippen LogP contribution in [0.3, 0.4) is 0 Å². The fraction of sp³-hybridized carbons (Fsp3) is 0.929.